The van der Waals surface area contributed by atoms with Gasteiger partial charge < -0.3 is 24.1 Å². The highest BCUT2D eigenvalue weighted by atomic mass is 16.6. The number of phenols is 1. The third-order valence-corrected chi connectivity index (χ3v) is 3.67. The van der Waals surface area contributed by atoms with Gasteiger partial charge in [-0.2, -0.15) is 0 Å². The molecule has 0 radical (unpaired) electrons. The van der Waals surface area contributed by atoms with Crippen molar-refractivity contribution >= 4 is 18.1 Å². The van der Waals surface area contributed by atoms with Gasteiger partial charge in [0, 0.05) is 6.08 Å². The number of hydrogen-bond donors (Lipinski definition) is 1. The van der Waals surface area contributed by atoms with E-state index in [9.17, 15) is 9.90 Å². The lowest BCUT2D eigenvalue weighted by Crippen LogP contribution is -2.05. The number of ether oxygens (including phenoxy) is 4. The number of phenolic OH excluding ortho intramolecular Hbond substituents is 1. The first-order valence-electron chi connectivity index (χ1n) is 8.18. The highest BCUT2D eigenvalue weighted by molar-refractivity contribution is 5.89. The zero-order valence-corrected chi connectivity index (χ0v) is 15.7. The Hall–Kier alpha value is -3.41. The summed E-state index contributed by atoms with van der Waals surface area (Å²) in [5.74, 6) is 0.581. The molecule has 0 aliphatic heterocycles. The van der Waals surface area contributed by atoms with E-state index < -0.39 is 5.97 Å². The van der Waals surface area contributed by atoms with Crippen LogP contribution in [-0.4, -0.2) is 32.4 Å². The van der Waals surface area contributed by atoms with E-state index in [1.807, 2.05) is 25.1 Å². The maximum atomic E-state index is 12.1. The van der Waals surface area contributed by atoms with Crippen molar-refractivity contribution in [2.45, 2.75) is 6.92 Å². The fourth-order valence-electron chi connectivity index (χ4n) is 2.38. The van der Waals surface area contributed by atoms with E-state index in [1.165, 1.54) is 33.5 Å². The van der Waals surface area contributed by atoms with Crippen LogP contribution in [-0.2, 0) is 4.79 Å². The monoisotopic (exact) mass is 370 g/mol. The molecule has 142 valence electrons. The Bertz CT molecular complexity index is 842. The quantitative estimate of drug-likeness (QED) is 0.450. The van der Waals surface area contributed by atoms with Crippen molar-refractivity contribution in [1.29, 1.82) is 0 Å². The lowest BCUT2D eigenvalue weighted by Gasteiger charge is -2.10. The minimum absolute atomic E-state index is 0.106. The van der Waals surface area contributed by atoms with Crippen LogP contribution in [0.4, 0.5) is 0 Å². The average Bonchev–Trinajstić information content (AvgIpc) is 2.68. The first-order valence-corrected chi connectivity index (χ1v) is 8.18. The van der Waals surface area contributed by atoms with Gasteiger partial charge in [0.15, 0.2) is 23.0 Å². The summed E-state index contributed by atoms with van der Waals surface area (Å²) in [6, 6.07) is 8.43. The van der Waals surface area contributed by atoms with Crippen molar-refractivity contribution in [3.8, 4) is 28.7 Å². The normalized spacial score (nSPS) is 11.0. The summed E-state index contributed by atoms with van der Waals surface area (Å²) in [6.07, 6.45) is 6.63. The molecule has 0 bridgehead atoms. The summed E-state index contributed by atoms with van der Waals surface area (Å²) in [6.45, 7) is 1.92. The maximum Gasteiger partial charge on any atom is 0.336 e. The maximum absolute atomic E-state index is 12.1. The van der Waals surface area contributed by atoms with E-state index in [0.29, 0.717) is 17.1 Å². The lowest BCUT2D eigenvalue weighted by atomic mass is 10.1. The Kier molecular flexibility index (Phi) is 6.88. The first-order chi connectivity index (χ1) is 13.0. The summed E-state index contributed by atoms with van der Waals surface area (Å²) < 4.78 is 20.8. The molecule has 0 atom stereocenters. The molecular weight excluding hydrogens is 348 g/mol. The van der Waals surface area contributed by atoms with Gasteiger partial charge in [0.2, 0.25) is 5.75 Å². The molecule has 0 unspecified atom stereocenters. The molecule has 6 heteroatoms. The highest BCUT2D eigenvalue weighted by Gasteiger charge is 2.11. The van der Waals surface area contributed by atoms with Gasteiger partial charge in [-0.05, 0) is 48.4 Å². The fraction of sp³-hybridized carbons (Fsp3) is 0.190. The van der Waals surface area contributed by atoms with E-state index in [-0.39, 0.29) is 17.2 Å². The van der Waals surface area contributed by atoms with Crippen molar-refractivity contribution in [2.75, 3.05) is 21.3 Å². The van der Waals surface area contributed by atoms with Gasteiger partial charge in [-0.15, -0.1) is 0 Å². The molecule has 2 aromatic carbocycles. The topological polar surface area (TPSA) is 74.2 Å². The van der Waals surface area contributed by atoms with Crippen molar-refractivity contribution in [3.63, 3.8) is 0 Å². The van der Waals surface area contributed by atoms with Crippen molar-refractivity contribution in [1.82, 2.24) is 0 Å². The summed E-state index contributed by atoms with van der Waals surface area (Å²) in [5.41, 5.74) is 1.54. The predicted molar refractivity (Wildman–Crippen MR) is 104 cm³/mol. The molecule has 0 aliphatic carbocycles. The molecular formula is C21H22O6. The molecule has 0 saturated heterocycles. The van der Waals surface area contributed by atoms with Gasteiger partial charge >= 0.3 is 5.97 Å². The number of carbonyl (C=O) groups is 1. The smallest absolute Gasteiger partial charge is 0.336 e. The molecule has 0 spiro atoms. The van der Waals surface area contributed by atoms with Crippen molar-refractivity contribution in [2.24, 2.45) is 0 Å². The Labute approximate surface area is 158 Å². The number of methoxy groups -OCH3 is 3. The fourth-order valence-corrected chi connectivity index (χ4v) is 2.38. The number of allylic oxidation sites excluding steroid dienone is 1. The van der Waals surface area contributed by atoms with Crippen LogP contribution in [0.1, 0.15) is 18.1 Å². The van der Waals surface area contributed by atoms with Crippen LogP contribution in [0, 0.1) is 0 Å². The van der Waals surface area contributed by atoms with Crippen LogP contribution in [0.5, 0.6) is 28.7 Å². The second-order valence-corrected chi connectivity index (χ2v) is 5.44. The molecule has 27 heavy (non-hydrogen) atoms. The zero-order chi connectivity index (χ0) is 19.8. The van der Waals surface area contributed by atoms with Crippen LogP contribution >= 0.6 is 0 Å². The number of esters is 1. The van der Waals surface area contributed by atoms with Gasteiger partial charge in [0.05, 0.1) is 21.3 Å². The van der Waals surface area contributed by atoms with Gasteiger partial charge in [-0.3, -0.25) is 0 Å². The largest absolute Gasteiger partial charge is 0.502 e. The van der Waals surface area contributed by atoms with Gasteiger partial charge in [0.1, 0.15) is 0 Å². The molecule has 2 rings (SSSR count). The van der Waals surface area contributed by atoms with Gasteiger partial charge in [0.25, 0.3) is 0 Å². The SMILES string of the molecule is CC=Cc1ccc(OC(=O)/C=C/c2cc(OC)c(O)c(OC)c2)c(OC)c1. The van der Waals surface area contributed by atoms with Gasteiger partial charge in [-0.1, -0.05) is 18.2 Å². The third kappa shape index (κ3) is 5.04. The van der Waals surface area contributed by atoms with E-state index in [1.54, 1.807) is 24.3 Å². The number of rotatable bonds is 7. The van der Waals surface area contributed by atoms with Crippen molar-refractivity contribution < 1.29 is 28.8 Å². The Morgan fingerprint density at radius 1 is 0.852 bits per heavy atom. The van der Waals surface area contributed by atoms with Crippen LogP contribution in [0.25, 0.3) is 12.2 Å². The Morgan fingerprint density at radius 3 is 2.00 bits per heavy atom. The molecule has 1 N–H and O–H groups in total. The Balaban J connectivity index is 2.18. The molecule has 6 nitrogen and oxygen atoms in total. The van der Waals surface area contributed by atoms with Gasteiger partial charge in [-0.25, -0.2) is 4.79 Å². The molecule has 0 amide bonds. The lowest BCUT2D eigenvalue weighted by molar-refractivity contribution is -0.129. The Morgan fingerprint density at radius 2 is 1.44 bits per heavy atom. The molecule has 0 saturated carbocycles. The van der Waals surface area contributed by atoms with Crippen molar-refractivity contribution in [3.05, 3.63) is 53.6 Å². The summed E-state index contributed by atoms with van der Waals surface area (Å²) in [4.78, 5) is 12.1. The first kappa shape index (κ1) is 19.9. The number of aromatic hydroxyl groups is 1. The number of benzene rings is 2. The molecule has 0 aliphatic rings. The molecule has 0 aromatic heterocycles. The minimum Gasteiger partial charge on any atom is -0.502 e. The van der Waals surface area contributed by atoms with Crippen LogP contribution in [0.3, 0.4) is 0 Å². The summed E-state index contributed by atoms with van der Waals surface area (Å²) in [5, 5.41) is 9.92. The van der Waals surface area contributed by atoms with E-state index in [2.05, 4.69) is 0 Å². The second-order valence-electron chi connectivity index (χ2n) is 5.44. The van der Waals surface area contributed by atoms with E-state index >= 15 is 0 Å². The predicted octanol–water partition coefficient (Wildman–Crippen LogP) is 4.07. The zero-order valence-electron chi connectivity index (χ0n) is 15.7. The van der Waals surface area contributed by atoms with Crippen LogP contribution in [0.2, 0.25) is 0 Å². The van der Waals surface area contributed by atoms with Crippen LogP contribution in [0.15, 0.2) is 42.5 Å². The third-order valence-electron chi connectivity index (χ3n) is 3.67. The summed E-state index contributed by atoms with van der Waals surface area (Å²) >= 11 is 0. The molecule has 0 heterocycles. The standard InChI is InChI=1S/C21H22O6/c1-5-6-14-7-9-16(17(11-14)24-2)27-20(22)10-8-15-12-18(25-3)21(23)19(13-15)26-4/h5-13,23H,1-4H3/b6-5?,10-8+. The van der Waals surface area contributed by atoms with E-state index in [0.717, 1.165) is 5.56 Å². The number of hydrogen-bond acceptors (Lipinski definition) is 6. The highest BCUT2D eigenvalue weighted by Crippen LogP contribution is 2.37. The van der Waals surface area contributed by atoms with Crippen LogP contribution < -0.4 is 18.9 Å². The minimum atomic E-state index is -0.571. The number of carbonyl (C=O) groups excluding carboxylic acids is 1. The summed E-state index contributed by atoms with van der Waals surface area (Å²) in [7, 11) is 4.37. The molecule has 0 fully saturated rings. The second kappa shape index (κ2) is 9.33. The van der Waals surface area contributed by atoms with E-state index in [4.69, 9.17) is 18.9 Å². The molecule has 2 aromatic rings. The average molecular weight is 370 g/mol.